The van der Waals surface area contributed by atoms with E-state index in [0.717, 1.165) is 25.8 Å². The first-order valence-electron chi connectivity index (χ1n) is 8.91. The number of rotatable bonds is 6. The Morgan fingerprint density at radius 2 is 2.04 bits per heavy atom. The molecule has 1 atom stereocenters. The van der Waals surface area contributed by atoms with Crippen LogP contribution < -0.4 is 5.32 Å². The lowest BCUT2D eigenvalue weighted by atomic mass is 10.2. The third-order valence-corrected chi connectivity index (χ3v) is 4.31. The predicted molar refractivity (Wildman–Crippen MR) is 98.8 cm³/mol. The number of carbonyl (C=O) groups is 2. The summed E-state index contributed by atoms with van der Waals surface area (Å²) in [6.07, 6.45) is 3.44. The van der Waals surface area contributed by atoms with Crippen molar-refractivity contribution in [1.82, 2.24) is 15.1 Å². The third-order valence-electron chi connectivity index (χ3n) is 4.31. The van der Waals surface area contributed by atoms with E-state index in [0.29, 0.717) is 25.1 Å². The van der Waals surface area contributed by atoms with Gasteiger partial charge in [0.1, 0.15) is 0 Å². The summed E-state index contributed by atoms with van der Waals surface area (Å²) in [4.78, 5) is 27.8. The van der Waals surface area contributed by atoms with Gasteiger partial charge in [0.05, 0.1) is 19.3 Å². The van der Waals surface area contributed by atoms with Crippen LogP contribution in [0.2, 0.25) is 0 Å². The molecular weight excluding hydrogens is 314 g/mol. The van der Waals surface area contributed by atoms with Gasteiger partial charge in [0, 0.05) is 25.6 Å². The molecular formula is C20H27N3O2. The number of hydrogen-bond acceptors (Lipinski definition) is 3. The molecule has 1 aliphatic heterocycles. The maximum Gasteiger partial charge on any atom is 0.252 e. The summed E-state index contributed by atoms with van der Waals surface area (Å²) < 4.78 is 0. The third kappa shape index (κ3) is 5.91. The number of amides is 2. The molecule has 134 valence electrons. The summed E-state index contributed by atoms with van der Waals surface area (Å²) in [7, 11) is 1.78. The minimum absolute atomic E-state index is 0.0291. The highest BCUT2D eigenvalue weighted by atomic mass is 16.2. The summed E-state index contributed by atoms with van der Waals surface area (Å²) in [6, 6.07) is 9.26. The lowest BCUT2D eigenvalue weighted by Crippen LogP contribution is -2.44. The Balaban J connectivity index is 1.81. The van der Waals surface area contributed by atoms with E-state index < -0.39 is 0 Å². The molecule has 1 aromatic rings. The van der Waals surface area contributed by atoms with Gasteiger partial charge in [-0.25, -0.2) is 0 Å². The van der Waals surface area contributed by atoms with Crippen LogP contribution in [0.25, 0.3) is 0 Å². The Morgan fingerprint density at radius 3 is 2.76 bits per heavy atom. The molecule has 5 nitrogen and oxygen atoms in total. The zero-order valence-corrected chi connectivity index (χ0v) is 15.1. The fourth-order valence-electron chi connectivity index (χ4n) is 2.83. The van der Waals surface area contributed by atoms with E-state index in [-0.39, 0.29) is 18.0 Å². The van der Waals surface area contributed by atoms with Crippen molar-refractivity contribution in [3.63, 3.8) is 0 Å². The van der Waals surface area contributed by atoms with Gasteiger partial charge in [-0.15, -0.1) is 0 Å². The Labute approximate surface area is 150 Å². The summed E-state index contributed by atoms with van der Waals surface area (Å²) >= 11 is 0. The molecule has 1 saturated heterocycles. The van der Waals surface area contributed by atoms with Crippen molar-refractivity contribution in [2.75, 3.05) is 26.7 Å². The van der Waals surface area contributed by atoms with Gasteiger partial charge in [0.25, 0.3) is 5.91 Å². The van der Waals surface area contributed by atoms with Gasteiger partial charge < -0.3 is 10.2 Å². The minimum atomic E-state index is -0.0460. The zero-order valence-electron chi connectivity index (χ0n) is 15.1. The summed E-state index contributed by atoms with van der Waals surface area (Å²) in [5.41, 5.74) is 0.677. The van der Waals surface area contributed by atoms with Gasteiger partial charge in [0.15, 0.2) is 0 Å². The van der Waals surface area contributed by atoms with E-state index in [9.17, 15) is 9.59 Å². The number of nitrogens with one attached hydrogen (secondary N) is 1. The van der Waals surface area contributed by atoms with Crippen molar-refractivity contribution in [3.8, 4) is 11.8 Å². The van der Waals surface area contributed by atoms with E-state index in [4.69, 9.17) is 0 Å². The van der Waals surface area contributed by atoms with E-state index in [1.54, 1.807) is 11.9 Å². The normalized spacial score (nSPS) is 16.8. The van der Waals surface area contributed by atoms with Crippen molar-refractivity contribution in [3.05, 3.63) is 35.9 Å². The van der Waals surface area contributed by atoms with Crippen LogP contribution in [0, 0.1) is 11.8 Å². The number of carbonyl (C=O) groups excluding carboxylic acids is 2. The van der Waals surface area contributed by atoms with Crippen molar-refractivity contribution in [2.24, 2.45) is 0 Å². The summed E-state index contributed by atoms with van der Waals surface area (Å²) in [6.45, 7) is 3.98. The smallest absolute Gasteiger partial charge is 0.252 e. The van der Waals surface area contributed by atoms with Crippen molar-refractivity contribution < 1.29 is 9.59 Å². The Morgan fingerprint density at radius 1 is 1.28 bits per heavy atom. The van der Waals surface area contributed by atoms with Crippen LogP contribution in [0.15, 0.2) is 30.3 Å². The molecule has 1 unspecified atom stereocenters. The van der Waals surface area contributed by atoms with Gasteiger partial charge in [-0.05, 0) is 31.4 Å². The van der Waals surface area contributed by atoms with Crippen LogP contribution in [0.4, 0.5) is 0 Å². The van der Waals surface area contributed by atoms with Gasteiger partial charge in [-0.3, -0.25) is 14.5 Å². The maximum absolute atomic E-state index is 12.3. The molecule has 0 aromatic heterocycles. The number of nitrogens with zero attached hydrogens (tertiary/aromatic N) is 2. The molecule has 0 saturated carbocycles. The van der Waals surface area contributed by atoms with Crippen LogP contribution in [0.1, 0.15) is 43.0 Å². The molecule has 0 bridgehead atoms. The minimum Gasteiger partial charge on any atom is -0.336 e. The molecule has 1 N–H and O–H groups in total. The van der Waals surface area contributed by atoms with E-state index in [1.807, 2.05) is 37.3 Å². The number of likely N-dealkylation sites (tertiary alicyclic amines) is 1. The highest BCUT2D eigenvalue weighted by molar-refractivity contribution is 5.94. The first kappa shape index (κ1) is 19.0. The first-order chi connectivity index (χ1) is 12.1. The largest absolute Gasteiger partial charge is 0.336 e. The van der Waals surface area contributed by atoms with Crippen molar-refractivity contribution >= 4 is 11.8 Å². The highest BCUT2D eigenvalue weighted by Crippen LogP contribution is 2.14. The van der Waals surface area contributed by atoms with Crippen LogP contribution in [-0.2, 0) is 4.79 Å². The monoisotopic (exact) mass is 341 g/mol. The number of benzene rings is 1. The van der Waals surface area contributed by atoms with Crippen molar-refractivity contribution in [1.29, 1.82) is 0 Å². The second kappa shape index (κ2) is 9.85. The van der Waals surface area contributed by atoms with Gasteiger partial charge >= 0.3 is 0 Å². The van der Waals surface area contributed by atoms with E-state index in [2.05, 4.69) is 22.1 Å². The quantitative estimate of drug-likeness (QED) is 0.806. The fraction of sp³-hybridized carbons (Fsp3) is 0.500. The molecule has 5 heteroatoms. The molecule has 1 aromatic carbocycles. The topological polar surface area (TPSA) is 52.7 Å². The molecule has 1 aliphatic rings. The van der Waals surface area contributed by atoms with Crippen LogP contribution in [0.3, 0.4) is 0 Å². The first-order valence-corrected chi connectivity index (χ1v) is 8.91. The maximum atomic E-state index is 12.3. The Bertz CT molecular complexity index is 633. The second-order valence-corrected chi connectivity index (χ2v) is 6.32. The summed E-state index contributed by atoms with van der Waals surface area (Å²) in [5, 5.41) is 3.08. The molecule has 25 heavy (non-hydrogen) atoms. The van der Waals surface area contributed by atoms with Crippen LogP contribution in [-0.4, -0.2) is 54.5 Å². The van der Waals surface area contributed by atoms with Gasteiger partial charge in [-0.1, -0.05) is 37.0 Å². The van der Waals surface area contributed by atoms with Crippen LogP contribution >= 0.6 is 0 Å². The van der Waals surface area contributed by atoms with E-state index in [1.165, 1.54) is 0 Å². The van der Waals surface area contributed by atoms with Crippen molar-refractivity contribution in [2.45, 2.75) is 38.8 Å². The predicted octanol–water partition coefficient (Wildman–Crippen LogP) is 2.10. The Hall–Kier alpha value is -2.32. The second-order valence-electron chi connectivity index (χ2n) is 6.32. The van der Waals surface area contributed by atoms with Gasteiger partial charge in [-0.2, -0.15) is 0 Å². The molecule has 2 amide bonds. The van der Waals surface area contributed by atoms with Crippen LogP contribution in [0.5, 0.6) is 0 Å². The highest BCUT2D eigenvalue weighted by Gasteiger charge is 2.25. The standard InChI is InChI=1S/C20H27N3O2/c1-3-10-19(24)22(2)14-7-8-15-23-16-9-13-18(23)21-20(25)17-11-5-4-6-12-17/h4-6,11-12,18H,3,9-10,13-16H2,1-2H3,(H,21,25). The Kier molecular flexibility index (Phi) is 7.49. The average Bonchev–Trinajstić information content (AvgIpc) is 3.06. The molecule has 1 fully saturated rings. The summed E-state index contributed by atoms with van der Waals surface area (Å²) in [5.74, 6) is 6.27. The van der Waals surface area contributed by atoms with E-state index >= 15 is 0 Å². The lowest BCUT2D eigenvalue weighted by molar-refractivity contribution is -0.129. The molecule has 0 aliphatic carbocycles. The fourth-order valence-corrected chi connectivity index (χ4v) is 2.83. The SMILES string of the molecule is CCCC(=O)N(C)CC#CCN1CCCC1NC(=O)c1ccccc1. The average molecular weight is 341 g/mol. The zero-order chi connectivity index (χ0) is 18.1. The molecule has 1 heterocycles. The molecule has 0 spiro atoms. The number of hydrogen-bond donors (Lipinski definition) is 1. The lowest BCUT2D eigenvalue weighted by Gasteiger charge is -2.23. The molecule has 2 rings (SSSR count). The van der Waals surface area contributed by atoms with Gasteiger partial charge in [0.2, 0.25) is 5.91 Å². The molecule has 0 radical (unpaired) electrons.